The molecule has 0 atom stereocenters. The Morgan fingerprint density at radius 1 is 1.60 bits per heavy atom. The largest absolute Gasteiger partial charge is 0.266 e. The van der Waals surface area contributed by atoms with Crippen LogP contribution in [0.3, 0.4) is 0 Å². The van der Waals surface area contributed by atoms with Gasteiger partial charge in [-0.05, 0) is 28.2 Å². The molecule has 0 bridgehead atoms. The molecule has 1 aromatic rings. The van der Waals surface area contributed by atoms with E-state index in [9.17, 15) is 8.78 Å². The van der Waals surface area contributed by atoms with E-state index in [4.69, 9.17) is 16.9 Å². The van der Waals surface area contributed by atoms with E-state index in [1.54, 1.807) is 22.6 Å². The zero-order valence-corrected chi connectivity index (χ0v) is 10.4. The number of hydrogen-bond donors (Lipinski definition) is 0. The van der Waals surface area contributed by atoms with Gasteiger partial charge in [-0.3, -0.25) is 4.98 Å². The van der Waals surface area contributed by atoms with Crippen LogP contribution in [0.25, 0.3) is 0 Å². The lowest BCUT2D eigenvalue weighted by atomic mass is 10.1. The van der Waals surface area contributed by atoms with Crippen molar-refractivity contribution in [1.29, 1.82) is 5.26 Å². The van der Waals surface area contributed by atoms with Gasteiger partial charge in [-0.1, -0.05) is 0 Å². The molecule has 0 amide bonds. The molecule has 1 heterocycles. The minimum absolute atomic E-state index is 0.0531. The third-order valence-electron chi connectivity index (χ3n) is 1.82. The molecule has 1 rings (SSSR count). The second kappa shape index (κ2) is 5.56. The molecule has 0 unspecified atom stereocenters. The highest BCUT2D eigenvalue weighted by molar-refractivity contribution is 14.1. The summed E-state index contributed by atoms with van der Waals surface area (Å²) < 4.78 is 25.8. The maximum Gasteiger partial charge on any atom is 0.266 e. The van der Waals surface area contributed by atoms with Gasteiger partial charge >= 0.3 is 0 Å². The van der Waals surface area contributed by atoms with Crippen LogP contribution in [-0.2, 0) is 12.3 Å². The van der Waals surface area contributed by atoms with Gasteiger partial charge in [0.05, 0.1) is 29.6 Å². The second-order valence-electron chi connectivity index (χ2n) is 2.73. The predicted octanol–water partition coefficient (Wildman–Crippen LogP) is 3.43. The number of hydrogen-bond acceptors (Lipinski definition) is 2. The van der Waals surface area contributed by atoms with E-state index in [2.05, 4.69) is 4.98 Å². The maximum atomic E-state index is 12.7. The zero-order chi connectivity index (χ0) is 11.4. The molecule has 0 aliphatic rings. The first kappa shape index (κ1) is 12.6. The van der Waals surface area contributed by atoms with E-state index in [0.29, 0.717) is 9.13 Å². The van der Waals surface area contributed by atoms with Gasteiger partial charge in [0.25, 0.3) is 6.43 Å². The normalized spacial score (nSPS) is 10.4. The summed E-state index contributed by atoms with van der Waals surface area (Å²) in [5.41, 5.74) is 0.540. The summed E-state index contributed by atoms with van der Waals surface area (Å²) in [6, 6.07) is 1.91. The number of halogens is 4. The molecular weight excluding hydrogens is 336 g/mol. The lowest BCUT2D eigenvalue weighted by Crippen LogP contribution is -2.03. The van der Waals surface area contributed by atoms with Crippen LogP contribution in [0.5, 0.6) is 0 Å². The minimum Gasteiger partial charge on any atom is -0.259 e. The van der Waals surface area contributed by atoms with Crippen LogP contribution in [-0.4, -0.2) is 4.98 Å². The Balaban J connectivity index is 3.30. The van der Waals surface area contributed by atoms with Crippen molar-refractivity contribution >= 4 is 34.2 Å². The number of rotatable bonds is 3. The zero-order valence-electron chi connectivity index (χ0n) is 7.48. The van der Waals surface area contributed by atoms with Crippen molar-refractivity contribution in [3.8, 4) is 6.07 Å². The Morgan fingerprint density at radius 2 is 2.27 bits per heavy atom. The molecule has 0 saturated heterocycles. The minimum atomic E-state index is -2.61. The highest BCUT2D eigenvalue weighted by atomic mass is 127. The summed E-state index contributed by atoms with van der Waals surface area (Å²) in [5, 5.41) is 8.51. The van der Waals surface area contributed by atoms with Crippen LogP contribution in [0, 0.1) is 14.9 Å². The van der Waals surface area contributed by atoms with Crippen molar-refractivity contribution in [2.75, 3.05) is 0 Å². The Bertz CT molecular complexity index is 404. The molecule has 0 aliphatic carbocycles. The van der Waals surface area contributed by atoms with E-state index in [-0.39, 0.29) is 23.6 Å². The molecule has 2 nitrogen and oxygen atoms in total. The topological polar surface area (TPSA) is 36.7 Å². The SMILES string of the molecule is N#CCc1cnc(CCl)c(C(F)F)c1I. The molecule has 0 aromatic carbocycles. The highest BCUT2D eigenvalue weighted by Gasteiger charge is 2.19. The summed E-state index contributed by atoms with van der Waals surface area (Å²) in [4.78, 5) is 3.83. The fourth-order valence-corrected chi connectivity index (χ4v) is 2.21. The lowest BCUT2D eigenvalue weighted by Gasteiger charge is -2.10. The van der Waals surface area contributed by atoms with Crippen molar-refractivity contribution in [2.24, 2.45) is 0 Å². The van der Waals surface area contributed by atoms with Gasteiger partial charge in [0.1, 0.15) is 0 Å². The first-order valence-corrected chi connectivity index (χ1v) is 5.60. The first-order chi connectivity index (χ1) is 7.11. The van der Waals surface area contributed by atoms with Crippen molar-refractivity contribution in [3.63, 3.8) is 0 Å². The Hall–Kier alpha value is -0.480. The molecule has 0 N–H and O–H groups in total. The number of pyridine rings is 1. The van der Waals surface area contributed by atoms with E-state index in [1.165, 1.54) is 6.20 Å². The molecule has 0 saturated carbocycles. The van der Waals surface area contributed by atoms with Gasteiger partial charge in [0.15, 0.2) is 0 Å². The fourth-order valence-electron chi connectivity index (χ4n) is 1.12. The van der Waals surface area contributed by atoms with Crippen LogP contribution in [0.4, 0.5) is 8.78 Å². The quantitative estimate of drug-likeness (QED) is 0.623. The van der Waals surface area contributed by atoms with E-state index < -0.39 is 6.43 Å². The molecule has 0 radical (unpaired) electrons. The number of nitrogens with zero attached hydrogens (tertiary/aromatic N) is 2. The van der Waals surface area contributed by atoms with Crippen molar-refractivity contribution in [2.45, 2.75) is 18.7 Å². The van der Waals surface area contributed by atoms with Crippen molar-refractivity contribution in [3.05, 3.63) is 26.6 Å². The molecular formula is C9H6ClF2IN2. The Kier molecular flexibility index (Phi) is 4.67. The summed E-state index contributed by atoms with van der Waals surface area (Å²) in [7, 11) is 0. The summed E-state index contributed by atoms with van der Waals surface area (Å²) in [5.74, 6) is -0.0531. The van der Waals surface area contributed by atoms with Crippen LogP contribution in [0.15, 0.2) is 6.20 Å². The lowest BCUT2D eigenvalue weighted by molar-refractivity contribution is 0.149. The van der Waals surface area contributed by atoms with Crippen molar-refractivity contribution < 1.29 is 8.78 Å². The maximum absolute atomic E-state index is 12.7. The molecule has 0 spiro atoms. The third kappa shape index (κ3) is 2.75. The van der Waals surface area contributed by atoms with Gasteiger partial charge in [-0.2, -0.15) is 5.26 Å². The number of aromatic nitrogens is 1. The monoisotopic (exact) mass is 342 g/mol. The van der Waals surface area contributed by atoms with Gasteiger partial charge in [-0.15, -0.1) is 11.6 Å². The van der Waals surface area contributed by atoms with E-state index >= 15 is 0 Å². The van der Waals surface area contributed by atoms with E-state index in [0.717, 1.165) is 0 Å². The number of nitriles is 1. The average Bonchev–Trinajstić information content (AvgIpc) is 2.20. The third-order valence-corrected chi connectivity index (χ3v) is 3.35. The van der Waals surface area contributed by atoms with Crippen LogP contribution < -0.4 is 0 Å². The predicted molar refractivity (Wildman–Crippen MR) is 60.8 cm³/mol. The Morgan fingerprint density at radius 3 is 2.73 bits per heavy atom. The highest BCUT2D eigenvalue weighted by Crippen LogP contribution is 2.30. The van der Waals surface area contributed by atoms with Gasteiger partial charge in [0.2, 0.25) is 0 Å². The second-order valence-corrected chi connectivity index (χ2v) is 4.07. The fraction of sp³-hybridized carbons (Fsp3) is 0.333. The summed E-state index contributed by atoms with van der Waals surface area (Å²) in [6.45, 7) is 0. The van der Waals surface area contributed by atoms with Gasteiger partial charge in [-0.25, -0.2) is 8.78 Å². The van der Waals surface area contributed by atoms with Gasteiger partial charge < -0.3 is 0 Å². The van der Waals surface area contributed by atoms with Crippen molar-refractivity contribution in [1.82, 2.24) is 4.98 Å². The van der Waals surface area contributed by atoms with Crippen LogP contribution in [0.1, 0.15) is 23.2 Å². The molecule has 6 heteroatoms. The molecule has 80 valence electrons. The molecule has 0 aliphatic heterocycles. The smallest absolute Gasteiger partial charge is 0.259 e. The average molecular weight is 343 g/mol. The van der Waals surface area contributed by atoms with Crippen LogP contribution in [0.2, 0.25) is 0 Å². The van der Waals surface area contributed by atoms with Gasteiger partial charge in [0, 0.05) is 9.77 Å². The number of alkyl halides is 3. The standard InChI is InChI=1S/C9H6ClF2IN2/c10-3-6-7(9(11)12)8(13)5(1-2-14)4-15-6/h4,9H,1,3H2. The van der Waals surface area contributed by atoms with E-state index in [1.807, 2.05) is 6.07 Å². The Labute approximate surface area is 104 Å². The van der Waals surface area contributed by atoms with Crippen LogP contribution >= 0.6 is 34.2 Å². The molecule has 1 aromatic heterocycles. The molecule has 15 heavy (non-hydrogen) atoms. The summed E-state index contributed by atoms with van der Waals surface area (Å²) in [6.07, 6.45) is -1.11. The summed E-state index contributed by atoms with van der Waals surface area (Å²) >= 11 is 7.31. The molecule has 0 fully saturated rings. The first-order valence-electron chi connectivity index (χ1n) is 3.99.